The molecule has 0 radical (unpaired) electrons. The predicted octanol–water partition coefficient (Wildman–Crippen LogP) is 4.96. The van der Waals surface area contributed by atoms with Gasteiger partial charge in [-0.1, -0.05) is 72.8 Å². The Bertz CT molecular complexity index is 1320. The maximum Gasteiger partial charge on any atom is 0.269 e. The van der Waals surface area contributed by atoms with Gasteiger partial charge in [0.05, 0.1) is 28.1 Å². The second-order valence-electron chi connectivity index (χ2n) is 6.93. The number of aromatic nitrogens is 2. The Hall–Kier alpha value is -4.18. The molecular weight excluding hydrogens is 370 g/mol. The Morgan fingerprint density at radius 1 is 0.733 bits per heavy atom. The maximum absolute atomic E-state index is 12.8. The fourth-order valence-electron chi connectivity index (χ4n) is 3.57. The van der Waals surface area contributed by atoms with Crippen LogP contribution < -0.4 is 9.88 Å². The third-order valence-electron chi connectivity index (χ3n) is 5.01. The third-order valence-corrected chi connectivity index (χ3v) is 5.01. The monoisotopic (exact) mass is 389 g/mol. The van der Waals surface area contributed by atoms with Gasteiger partial charge in [0.2, 0.25) is 0 Å². The molecule has 1 amide bonds. The second-order valence-corrected chi connectivity index (χ2v) is 6.93. The number of carbonyl (C=O) groups is 1. The van der Waals surface area contributed by atoms with Crippen molar-refractivity contribution in [3.05, 3.63) is 121 Å². The largest absolute Gasteiger partial charge is 0.325 e. The zero-order valence-corrected chi connectivity index (χ0v) is 16.2. The molecule has 1 N–H and O–H groups in total. The van der Waals surface area contributed by atoms with E-state index in [1.54, 1.807) is 12.1 Å². The van der Waals surface area contributed by atoms with E-state index >= 15 is 0 Å². The molecule has 4 aromatic carbocycles. The van der Waals surface area contributed by atoms with Crippen molar-refractivity contribution >= 4 is 22.6 Å². The highest BCUT2D eigenvalue weighted by Crippen LogP contribution is 2.25. The number of amides is 1. The van der Waals surface area contributed by atoms with Crippen molar-refractivity contribution in [2.24, 2.45) is 0 Å². The lowest BCUT2D eigenvalue weighted by Crippen LogP contribution is -2.29. The van der Waals surface area contributed by atoms with Gasteiger partial charge in [0.1, 0.15) is 0 Å². The molecule has 0 aliphatic heterocycles. The Balaban J connectivity index is 1.63. The van der Waals surface area contributed by atoms with Crippen molar-refractivity contribution in [3.8, 4) is 11.4 Å². The van der Waals surface area contributed by atoms with Gasteiger partial charge in [-0.15, -0.1) is 0 Å². The van der Waals surface area contributed by atoms with E-state index in [4.69, 9.17) is 0 Å². The van der Waals surface area contributed by atoms with Gasteiger partial charge in [-0.2, -0.15) is 0 Å². The first kappa shape index (κ1) is 17.9. The number of anilines is 1. The molecule has 5 rings (SSSR count). The molecule has 4 nitrogen and oxygen atoms in total. The van der Waals surface area contributed by atoms with E-state index in [0.29, 0.717) is 5.56 Å². The third kappa shape index (κ3) is 3.25. The second kappa shape index (κ2) is 7.68. The maximum atomic E-state index is 12.8. The summed E-state index contributed by atoms with van der Waals surface area (Å²) in [5.41, 5.74) is 5.26. The van der Waals surface area contributed by atoms with Gasteiger partial charge in [-0.25, -0.2) is 0 Å². The van der Waals surface area contributed by atoms with E-state index < -0.39 is 0 Å². The molecule has 1 heterocycles. The van der Waals surface area contributed by atoms with Gasteiger partial charge < -0.3 is 5.32 Å². The molecular formula is C26H19N3O. The zero-order valence-electron chi connectivity index (χ0n) is 16.2. The molecule has 0 fully saturated rings. The molecule has 144 valence electrons. The molecule has 0 unspecified atom stereocenters. The standard InChI is InChI=1S/C26H19N3O/c30-26(20-11-3-1-4-12-20)27-22-15-7-8-16-23(22)29-19-28(21-13-5-2-6-14-21)24-17-9-10-18-25(24)29/h1-18H,(H,27,30). The lowest BCUT2D eigenvalue weighted by Gasteiger charge is -2.12. The quantitative estimate of drug-likeness (QED) is 0.342. The van der Waals surface area contributed by atoms with Gasteiger partial charge in [0.25, 0.3) is 12.2 Å². The number of nitrogens with zero attached hydrogens (tertiary/aromatic N) is 2. The molecule has 0 spiro atoms. The van der Waals surface area contributed by atoms with Crippen LogP contribution in [0, 0.1) is 6.33 Å². The molecule has 0 aliphatic rings. The van der Waals surface area contributed by atoms with Gasteiger partial charge in [-0.3, -0.25) is 13.9 Å². The minimum atomic E-state index is -0.143. The number of hydrogen-bond acceptors (Lipinski definition) is 1. The number of carbonyl (C=O) groups excluding carboxylic acids is 1. The average Bonchev–Trinajstić information content (AvgIpc) is 3.20. The van der Waals surface area contributed by atoms with E-state index in [-0.39, 0.29) is 5.91 Å². The number of benzene rings is 4. The molecule has 5 aromatic rings. The van der Waals surface area contributed by atoms with Gasteiger partial charge in [0, 0.05) is 5.56 Å². The van der Waals surface area contributed by atoms with Crippen LogP contribution in [0.25, 0.3) is 22.4 Å². The van der Waals surface area contributed by atoms with Crippen LogP contribution in [0.2, 0.25) is 0 Å². The lowest BCUT2D eigenvalue weighted by molar-refractivity contribution is -0.572. The molecule has 0 saturated carbocycles. The number of para-hydroxylation sites is 5. The van der Waals surface area contributed by atoms with Crippen molar-refractivity contribution < 1.29 is 9.36 Å². The number of nitrogens with one attached hydrogen (secondary N) is 1. The van der Waals surface area contributed by atoms with Crippen LogP contribution in [0.4, 0.5) is 5.69 Å². The van der Waals surface area contributed by atoms with Gasteiger partial charge in [-0.05, 0) is 36.4 Å². The minimum absolute atomic E-state index is 0.143. The Kier molecular flexibility index (Phi) is 4.58. The molecule has 4 heteroatoms. The highest BCUT2D eigenvalue weighted by atomic mass is 16.1. The number of fused-ring (bicyclic) bond motifs is 1. The molecule has 1 aromatic heterocycles. The van der Waals surface area contributed by atoms with E-state index in [1.807, 2.05) is 81.9 Å². The molecule has 30 heavy (non-hydrogen) atoms. The number of rotatable bonds is 4. The first-order valence-electron chi connectivity index (χ1n) is 9.77. The summed E-state index contributed by atoms with van der Waals surface area (Å²) < 4.78 is 4.02. The molecule has 0 bridgehead atoms. The van der Waals surface area contributed by atoms with Crippen molar-refractivity contribution in [2.75, 3.05) is 5.32 Å². The summed E-state index contributed by atoms with van der Waals surface area (Å²) in [7, 11) is 0. The molecule has 0 aliphatic carbocycles. The topological polar surface area (TPSA) is 37.9 Å². The predicted molar refractivity (Wildman–Crippen MR) is 118 cm³/mol. The van der Waals surface area contributed by atoms with Crippen LogP contribution in [-0.4, -0.2) is 10.5 Å². The lowest BCUT2D eigenvalue weighted by atomic mass is 10.2. The highest BCUT2D eigenvalue weighted by Gasteiger charge is 2.15. The van der Waals surface area contributed by atoms with Crippen molar-refractivity contribution in [3.63, 3.8) is 0 Å². The van der Waals surface area contributed by atoms with Crippen molar-refractivity contribution in [1.29, 1.82) is 0 Å². The zero-order chi connectivity index (χ0) is 20.3. The molecule has 0 atom stereocenters. The minimum Gasteiger partial charge on any atom is -0.325 e. The van der Waals surface area contributed by atoms with E-state index in [2.05, 4.69) is 35.9 Å². The van der Waals surface area contributed by atoms with E-state index in [0.717, 1.165) is 28.1 Å². The smallest absolute Gasteiger partial charge is 0.269 e. The van der Waals surface area contributed by atoms with Gasteiger partial charge in [0.15, 0.2) is 0 Å². The number of imidazole rings is 1. The first-order valence-corrected chi connectivity index (χ1v) is 9.77. The summed E-state index contributed by atoms with van der Waals surface area (Å²) in [5, 5.41) is 3.05. The number of hydrogen-bond donors (Lipinski definition) is 1. The summed E-state index contributed by atoms with van der Waals surface area (Å²) in [6.45, 7) is 0. The average molecular weight is 389 g/mol. The Labute approximate surface area is 174 Å². The van der Waals surface area contributed by atoms with E-state index in [9.17, 15) is 4.79 Å². The summed E-state index contributed by atoms with van der Waals surface area (Å²) in [5.74, 6) is -0.143. The SMILES string of the molecule is O=C(Nc1ccccc1-n1[c-][n+](-c2ccccc2)c2ccccc21)c1ccccc1. The fraction of sp³-hybridized carbons (Fsp3) is 0. The van der Waals surface area contributed by atoms with Gasteiger partial charge >= 0.3 is 0 Å². The van der Waals surface area contributed by atoms with Crippen molar-refractivity contribution in [2.45, 2.75) is 0 Å². The van der Waals surface area contributed by atoms with Crippen LogP contribution in [0.3, 0.4) is 0 Å². The summed E-state index contributed by atoms with van der Waals surface area (Å²) in [6.07, 6.45) is 3.46. The van der Waals surface area contributed by atoms with E-state index in [1.165, 1.54) is 0 Å². The summed E-state index contributed by atoms with van der Waals surface area (Å²) in [4.78, 5) is 12.8. The van der Waals surface area contributed by atoms with Crippen LogP contribution in [0.15, 0.2) is 109 Å². The summed E-state index contributed by atoms with van der Waals surface area (Å²) in [6, 6.07) is 35.3. The van der Waals surface area contributed by atoms with Crippen LogP contribution in [-0.2, 0) is 0 Å². The van der Waals surface area contributed by atoms with Crippen LogP contribution in [0.5, 0.6) is 0 Å². The fourth-order valence-corrected chi connectivity index (χ4v) is 3.57. The normalized spacial score (nSPS) is 10.8. The van der Waals surface area contributed by atoms with Crippen LogP contribution in [0.1, 0.15) is 10.4 Å². The van der Waals surface area contributed by atoms with Crippen LogP contribution >= 0.6 is 0 Å². The highest BCUT2D eigenvalue weighted by molar-refractivity contribution is 6.05. The molecule has 0 saturated heterocycles. The summed E-state index contributed by atoms with van der Waals surface area (Å²) >= 11 is 0. The van der Waals surface area contributed by atoms with Crippen molar-refractivity contribution in [1.82, 2.24) is 4.57 Å². The Morgan fingerprint density at radius 3 is 2.17 bits per heavy atom. The first-order chi connectivity index (χ1) is 14.8. The Morgan fingerprint density at radius 2 is 1.37 bits per heavy atom.